The number of carbonyl (C=O) groups is 1. The van der Waals surface area contributed by atoms with Crippen LogP contribution < -0.4 is 11.1 Å². The van der Waals surface area contributed by atoms with E-state index in [1.54, 1.807) is 0 Å². The van der Waals surface area contributed by atoms with Gasteiger partial charge in [0, 0.05) is 25.2 Å². The number of aryl methyl sites for hydroxylation is 1. The van der Waals surface area contributed by atoms with Gasteiger partial charge in [-0.1, -0.05) is 12.8 Å². The molecule has 3 N–H and O–H groups in total. The number of hydrogen-bond donors (Lipinski definition) is 2. The van der Waals surface area contributed by atoms with E-state index in [2.05, 4.69) is 16.4 Å². The molecule has 1 aliphatic heterocycles. The van der Waals surface area contributed by atoms with Crippen molar-refractivity contribution in [2.24, 2.45) is 5.73 Å². The van der Waals surface area contributed by atoms with E-state index >= 15 is 0 Å². The number of aromatic nitrogens is 1. The van der Waals surface area contributed by atoms with Crippen LogP contribution in [0.25, 0.3) is 0 Å². The van der Waals surface area contributed by atoms with Gasteiger partial charge in [-0.05, 0) is 43.4 Å². The molecule has 1 aromatic heterocycles. The molecule has 1 unspecified atom stereocenters. The van der Waals surface area contributed by atoms with Gasteiger partial charge >= 0.3 is 0 Å². The van der Waals surface area contributed by atoms with E-state index in [1.165, 1.54) is 5.56 Å². The van der Waals surface area contributed by atoms with Crippen molar-refractivity contribution in [2.45, 2.75) is 51.0 Å². The predicted molar refractivity (Wildman–Crippen MR) is 75.6 cm³/mol. The molecule has 2 heterocycles. The minimum absolute atomic E-state index is 0.0393. The topological polar surface area (TPSA) is 68.0 Å². The summed E-state index contributed by atoms with van der Waals surface area (Å²) in [5.41, 5.74) is 8.39. The molecule has 1 aromatic rings. The van der Waals surface area contributed by atoms with Crippen LogP contribution in [-0.2, 0) is 11.2 Å². The molecule has 1 aliphatic rings. The van der Waals surface area contributed by atoms with Crippen LogP contribution in [-0.4, -0.2) is 17.4 Å². The van der Waals surface area contributed by atoms with Crippen molar-refractivity contribution < 1.29 is 4.79 Å². The average molecular weight is 261 g/mol. The number of carbonyl (C=O) groups excluding carboxylic acids is 1. The first kappa shape index (κ1) is 14.0. The van der Waals surface area contributed by atoms with Gasteiger partial charge in [0.25, 0.3) is 0 Å². The number of fused-ring (bicyclic) bond motifs is 2. The van der Waals surface area contributed by atoms with Gasteiger partial charge in [-0.15, -0.1) is 0 Å². The van der Waals surface area contributed by atoms with E-state index < -0.39 is 0 Å². The summed E-state index contributed by atoms with van der Waals surface area (Å²) in [4.78, 5) is 16.0. The lowest BCUT2D eigenvalue weighted by Gasteiger charge is -2.13. The van der Waals surface area contributed by atoms with Crippen LogP contribution in [0.5, 0.6) is 0 Å². The third-order valence-corrected chi connectivity index (χ3v) is 3.61. The van der Waals surface area contributed by atoms with E-state index in [0.717, 1.165) is 50.8 Å². The van der Waals surface area contributed by atoms with Crippen LogP contribution in [0.1, 0.15) is 55.8 Å². The maximum Gasteiger partial charge on any atom is 0.220 e. The lowest BCUT2D eigenvalue weighted by atomic mass is 10.0. The van der Waals surface area contributed by atoms with Gasteiger partial charge in [0.05, 0.1) is 5.69 Å². The number of nitrogens with two attached hydrogens (primary N) is 1. The van der Waals surface area contributed by atoms with Gasteiger partial charge in [-0.2, -0.15) is 0 Å². The molecule has 0 aromatic carbocycles. The Bertz CT molecular complexity index is 420. The number of pyridine rings is 1. The molecule has 0 fully saturated rings. The van der Waals surface area contributed by atoms with Crippen LogP contribution in [0.15, 0.2) is 18.3 Å². The summed E-state index contributed by atoms with van der Waals surface area (Å²) in [5, 5.41) is 2.97. The molecule has 104 valence electrons. The molecular weight excluding hydrogens is 238 g/mol. The van der Waals surface area contributed by atoms with Crippen LogP contribution in [0.3, 0.4) is 0 Å². The average Bonchev–Trinajstić information content (AvgIpc) is 2.42. The van der Waals surface area contributed by atoms with Gasteiger partial charge in [0.2, 0.25) is 5.91 Å². The fourth-order valence-corrected chi connectivity index (χ4v) is 2.44. The Morgan fingerprint density at radius 1 is 1.21 bits per heavy atom. The first-order valence-corrected chi connectivity index (χ1v) is 7.23. The van der Waals surface area contributed by atoms with Crippen molar-refractivity contribution in [1.29, 1.82) is 0 Å². The summed E-state index contributed by atoms with van der Waals surface area (Å²) >= 11 is 0. The standard InChI is InChI=1S/C15H23N3O/c16-13-6-2-1-3-9-18-15(19)7-4-5-12-8-10-17-14(13)11-12/h8,10-11,13H,1-7,9,16H2,(H,18,19). The van der Waals surface area contributed by atoms with Crippen LogP contribution in [0.4, 0.5) is 0 Å². The summed E-state index contributed by atoms with van der Waals surface area (Å²) in [5.74, 6) is 0.169. The fraction of sp³-hybridized carbons (Fsp3) is 0.600. The predicted octanol–water partition coefficient (Wildman–Crippen LogP) is 2.09. The van der Waals surface area contributed by atoms with Crippen molar-refractivity contribution in [2.75, 3.05) is 6.54 Å². The Hall–Kier alpha value is -1.42. The summed E-state index contributed by atoms with van der Waals surface area (Å²) < 4.78 is 0. The zero-order valence-electron chi connectivity index (χ0n) is 11.4. The minimum Gasteiger partial charge on any atom is -0.356 e. The van der Waals surface area contributed by atoms with Crippen molar-refractivity contribution in [3.8, 4) is 0 Å². The second-order valence-electron chi connectivity index (χ2n) is 5.25. The largest absolute Gasteiger partial charge is 0.356 e. The van der Waals surface area contributed by atoms with Gasteiger partial charge < -0.3 is 11.1 Å². The first-order chi connectivity index (χ1) is 9.25. The molecule has 4 heteroatoms. The Balaban J connectivity index is 2.04. The Labute approximate surface area is 114 Å². The van der Waals surface area contributed by atoms with Gasteiger partial charge in [-0.25, -0.2) is 0 Å². The van der Waals surface area contributed by atoms with E-state index in [4.69, 9.17) is 5.73 Å². The highest BCUT2D eigenvalue weighted by molar-refractivity contribution is 5.75. The fourth-order valence-electron chi connectivity index (χ4n) is 2.44. The Morgan fingerprint density at radius 2 is 2.11 bits per heavy atom. The number of amides is 1. The van der Waals surface area contributed by atoms with Crippen molar-refractivity contribution in [3.63, 3.8) is 0 Å². The molecule has 1 atom stereocenters. The van der Waals surface area contributed by atoms with Gasteiger partial charge in [-0.3, -0.25) is 9.78 Å². The summed E-state index contributed by atoms with van der Waals surface area (Å²) in [7, 11) is 0. The number of hydrogen-bond acceptors (Lipinski definition) is 3. The molecule has 19 heavy (non-hydrogen) atoms. The summed E-state index contributed by atoms with van der Waals surface area (Å²) in [6.45, 7) is 0.789. The highest BCUT2D eigenvalue weighted by atomic mass is 16.1. The number of nitrogens with one attached hydrogen (secondary N) is 1. The van der Waals surface area contributed by atoms with Crippen molar-refractivity contribution >= 4 is 5.91 Å². The van der Waals surface area contributed by atoms with Gasteiger partial charge in [0.1, 0.15) is 0 Å². The SMILES string of the molecule is NC1CCCCCNC(=O)CCCc2ccnc1c2. The lowest BCUT2D eigenvalue weighted by Crippen LogP contribution is -2.24. The van der Waals surface area contributed by atoms with E-state index in [1.807, 2.05) is 12.3 Å². The molecule has 1 amide bonds. The van der Waals surface area contributed by atoms with E-state index in [-0.39, 0.29) is 11.9 Å². The maximum absolute atomic E-state index is 11.6. The molecule has 0 saturated carbocycles. The van der Waals surface area contributed by atoms with Crippen LogP contribution in [0, 0.1) is 0 Å². The van der Waals surface area contributed by atoms with Gasteiger partial charge in [0.15, 0.2) is 0 Å². The third kappa shape index (κ3) is 4.63. The summed E-state index contributed by atoms with van der Waals surface area (Å²) in [6, 6.07) is 4.14. The Morgan fingerprint density at radius 3 is 3.00 bits per heavy atom. The highest BCUT2D eigenvalue weighted by Gasteiger charge is 2.09. The van der Waals surface area contributed by atoms with E-state index in [9.17, 15) is 4.79 Å². The highest BCUT2D eigenvalue weighted by Crippen LogP contribution is 2.17. The van der Waals surface area contributed by atoms with E-state index in [0.29, 0.717) is 6.42 Å². The second-order valence-corrected chi connectivity index (χ2v) is 5.25. The molecule has 0 spiro atoms. The monoisotopic (exact) mass is 261 g/mol. The molecule has 0 radical (unpaired) electrons. The van der Waals surface area contributed by atoms with Crippen molar-refractivity contribution in [3.05, 3.63) is 29.6 Å². The number of rotatable bonds is 0. The lowest BCUT2D eigenvalue weighted by molar-refractivity contribution is -0.121. The maximum atomic E-state index is 11.6. The first-order valence-electron chi connectivity index (χ1n) is 7.23. The molecule has 0 saturated heterocycles. The molecule has 2 rings (SSSR count). The zero-order chi connectivity index (χ0) is 13.5. The molecule has 2 bridgehead atoms. The van der Waals surface area contributed by atoms with Crippen LogP contribution >= 0.6 is 0 Å². The Kier molecular flexibility index (Phi) is 5.33. The quantitative estimate of drug-likeness (QED) is 0.751. The molecule has 0 aliphatic carbocycles. The minimum atomic E-state index is 0.0393. The number of nitrogens with zero attached hydrogens (tertiary/aromatic N) is 1. The van der Waals surface area contributed by atoms with Crippen LogP contribution in [0.2, 0.25) is 0 Å². The zero-order valence-corrected chi connectivity index (χ0v) is 11.4. The molecule has 4 nitrogen and oxygen atoms in total. The third-order valence-electron chi connectivity index (χ3n) is 3.61. The second kappa shape index (κ2) is 7.24. The summed E-state index contributed by atoms with van der Waals surface area (Å²) in [6.07, 6.45) is 8.41. The molecular formula is C15H23N3O. The van der Waals surface area contributed by atoms with Crippen molar-refractivity contribution in [1.82, 2.24) is 10.3 Å². The smallest absolute Gasteiger partial charge is 0.220 e. The normalized spacial score (nSPS) is 22.4.